The van der Waals surface area contributed by atoms with Crippen molar-refractivity contribution in [2.45, 2.75) is 52.1 Å². The number of likely N-dealkylation sites (N-methyl/N-ethyl adjacent to an activating group) is 1. The monoisotopic (exact) mass is 244 g/mol. The van der Waals surface area contributed by atoms with Gasteiger partial charge in [0, 0.05) is 12.6 Å². The van der Waals surface area contributed by atoms with Gasteiger partial charge in [0.05, 0.1) is 7.11 Å². The van der Waals surface area contributed by atoms with Gasteiger partial charge in [-0.15, -0.1) is 0 Å². The molecule has 0 aliphatic heterocycles. The highest BCUT2D eigenvalue weighted by atomic mass is 16.5. The van der Waals surface area contributed by atoms with Gasteiger partial charge in [-0.05, 0) is 32.9 Å². The van der Waals surface area contributed by atoms with Crippen molar-refractivity contribution in [1.29, 1.82) is 0 Å². The SMILES string of the molecule is CCCNC(CN(C)C(CC)CC)C(=O)OC. The van der Waals surface area contributed by atoms with Gasteiger partial charge < -0.3 is 15.0 Å². The number of nitrogens with zero attached hydrogens (tertiary/aromatic N) is 1. The topological polar surface area (TPSA) is 41.6 Å². The number of methoxy groups -OCH3 is 1. The highest BCUT2D eigenvalue weighted by Gasteiger charge is 2.22. The minimum Gasteiger partial charge on any atom is -0.468 e. The van der Waals surface area contributed by atoms with Crippen LogP contribution in [0.25, 0.3) is 0 Å². The summed E-state index contributed by atoms with van der Waals surface area (Å²) in [6.45, 7) is 8.00. The van der Waals surface area contributed by atoms with Gasteiger partial charge >= 0.3 is 5.97 Å². The lowest BCUT2D eigenvalue weighted by Gasteiger charge is -2.29. The van der Waals surface area contributed by atoms with Crippen LogP contribution in [0.3, 0.4) is 0 Å². The molecule has 0 aliphatic carbocycles. The molecule has 0 aromatic rings. The van der Waals surface area contributed by atoms with E-state index < -0.39 is 0 Å². The minimum absolute atomic E-state index is 0.170. The second-order valence-corrected chi connectivity index (χ2v) is 4.44. The van der Waals surface area contributed by atoms with Gasteiger partial charge in [0.1, 0.15) is 6.04 Å². The molecule has 0 spiro atoms. The average molecular weight is 244 g/mol. The fraction of sp³-hybridized carbons (Fsp3) is 0.923. The molecule has 0 saturated heterocycles. The zero-order valence-corrected chi connectivity index (χ0v) is 12.0. The summed E-state index contributed by atoms with van der Waals surface area (Å²) >= 11 is 0. The highest BCUT2D eigenvalue weighted by Crippen LogP contribution is 2.07. The number of hydrogen-bond donors (Lipinski definition) is 1. The minimum atomic E-state index is -0.217. The Bertz CT molecular complexity index is 206. The molecule has 4 heteroatoms. The van der Waals surface area contributed by atoms with Crippen LogP contribution in [-0.2, 0) is 9.53 Å². The molecule has 0 fully saturated rings. The Morgan fingerprint density at radius 3 is 2.29 bits per heavy atom. The maximum absolute atomic E-state index is 11.6. The Kier molecular flexibility index (Phi) is 9.09. The molecule has 4 nitrogen and oxygen atoms in total. The Morgan fingerprint density at radius 1 is 1.29 bits per heavy atom. The van der Waals surface area contributed by atoms with Gasteiger partial charge in [-0.25, -0.2) is 0 Å². The van der Waals surface area contributed by atoms with E-state index in [-0.39, 0.29) is 12.0 Å². The van der Waals surface area contributed by atoms with Gasteiger partial charge in [-0.1, -0.05) is 20.8 Å². The molecule has 0 radical (unpaired) electrons. The fourth-order valence-corrected chi connectivity index (χ4v) is 2.03. The Labute approximate surface area is 106 Å². The smallest absolute Gasteiger partial charge is 0.324 e. The van der Waals surface area contributed by atoms with Gasteiger partial charge in [0.25, 0.3) is 0 Å². The summed E-state index contributed by atoms with van der Waals surface area (Å²) in [5.74, 6) is -0.170. The Morgan fingerprint density at radius 2 is 1.88 bits per heavy atom. The molecule has 17 heavy (non-hydrogen) atoms. The lowest BCUT2D eigenvalue weighted by molar-refractivity contribution is -0.143. The van der Waals surface area contributed by atoms with Crippen LogP contribution < -0.4 is 5.32 Å². The van der Waals surface area contributed by atoms with E-state index in [0.29, 0.717) is 12.6 Å². The summed E-state index contributed by atoms with van der Waals surface area (Å²) in [4.78, 5) is 13.9. The van der Waals surface area contributed by atoms with Gasteiger partial charge in [-0.2, -0.15) is 0 Å². The zero-order valence-electron chi connectivity index (χ0n) is 12.0. The summed E-state index contributed by atoms with van der Waals surface area (Å²) in [5, 5.41) is 3.24. The van der Waals surface area contributed by atoms with Crippen molar-refractivity contribution in [1.82, 2.24) is 10.2 Å². The second-order valence-electron chi connectivity index (χ2n) is 4.44. The van der Waals surface area contributed by atoms with Crippen LogP contribution in [0, 0.1) is 0 Å². The molecule has 0 bridgehead atoms. The van der Waals surface area contributed by atoms with E-state index in [1.807, 2.05) is 0 Å². The average Bonchev–Trinajstić information content (AvgIpc) is 2.34. The van der Waals surface area contributed by atoms with Crippen LogP contribution in [0.15, 0.2) is 0 Å². The number of hydrogen-bond acceptors (Lipinski definition) is 4. The molecule has 0 aromatic carbocycles. The first-order valence-electron chi connectivity index (χ1n) is 6.62. The highest BCUT2D eigenvalue weighted by molar-refractivity contribution is 5.75. The summed E-state index contributed by atoms with van der Waals surface area (Å²) in [5.41, 5.74) is 0. The van der Waals surface area contributed by atoms with Crippen LogP contribution in [0.5, 0.6) is 0 Å². The zero-order chi connectivity index (χ0) is 13.3. The molecule has 0 rings (SSSR count). The molecule has 0 aliphatic rings. The van der Waals surface area contributed by atoms with E-state index in [2.05, 4.69) is 38.0 Å². The maximum atomic E-state index is 11.6. The van der Waals surface area contributed by atoms with Crippen molar-refractivity contribution in [3.05, 3.63) is 0 Å². The van der Waals surface area contributed by atoms with Crippen molar-refractivity contribution < 1.29 is 9.53 Å². The first-order valence-corrected chi connectivity index (χ1v) is 6.62. The molecule has 1 unspecified atom stereocenters. The van der Waals surface area contributed by atoms with Gasteiger partial charge in [-0.3, -0.25) is 4.79 Å². The van der Waals surface area contributed by atoms with Crippen molar-refractivity contribution in [2.75, 3.05) is 27.2 Å². The second kappa shape index (κ2) is 9.42. The number of carbonyl (C=O) groups is 1. The van der Waals surface area contributed by atoms with Crippen LogP contribution in [-0.4, -0.2) is 50.2 Å². The molecule has 1 atom stereocenters. The quantitative estimate of drug-likeness (QED) is 0.626. The van der Waals surface area contributed by atoms with Crippen LogP contribution in [0.4, 0.5) is 0 Å². The third-order valence-electron chi connectivity index (χ3n) is 3.16. The Hall–Kier alpha value is -0.610. The Balaban J connectivity index is 4.34. The molecule has 0 saturated carbocycles. The number of rotatable bonds is 9. The van der Waals surface area contributed by atoms with Crippen LogP contribution >= 0.6 is 0 Å². The third-order valence-corrected chi connectivity index (χ3v) is 3.16. The van der Waals surface area contributed by atoms with E-state index in [4.69, 9.17) is 4.74 Å². The van der Waals surface area contributed by atoms with Gasteiger partial charge in [0.2, 0.25) is 0 Å². The first-order chi connectivity index (χ1) is 8.10. The van der Waals surface area contributed by atoms with E-state index in [0.717, 1.165) is 25.8 Å². The van der Waals surface area contributed by atoms with E-state index >= 15 is 0 Å². The molecule has 0 aromatic heterocycles. The summed E-state index contributed by atoms with van der Waals surface area (Å²) in [6.07, 6.45) is 3.23. The molecule has 1 N–H and O–H groups in total. The normalized spacial score (nSPS) is 13.1. The largest absolute Gasteiger partial charge is 0.468 e. The number of nitrogens with one attached hydrogen (secondary N) is 1. The van der Waals surface area contributed by atoms with Crippen molar-refractivity contribution in [3.8, 4) is 0 Å². The van der Waals surface area contributed by atoms with E-state index in [9.17, 15) is 4.79 Å². The summed E-state index contributed by atoms with van der Waals surface area (Å²) < 4.78 is 4.83. The molecule has 0 heterocycles. The van der Waals surface area contributed by atoms with Crippen molar-refractivity contribution in [2.24, 2.45) is 0 Å². The lowest BCUT2D eigenvalue weighted by atomic mass is 10.1. The molecular weight excluding hydrogens is 216 g/mol. The number of ether oxygens (including phenoxy) is 1. The predicted octanol–water partition coefficient (Wildman–Crippen LogP) is 1.65. The molecule has 102 valence electrons. The van der Waals surface area contributed by atoms with Gasteiger partial charge in [0.15, 0.2) is 0 Å². The molecule has 0 amide bonds. The van der Waals surface area contributed by atoms with E-state index in [1.54, 1.807) is 0 Å². The van der Waals surface area contributed by atoms with Crippen LogP contribution in [0.1, 0.15) is 40.0 Å². The third kappa shape index (κ3) is 6.03. The summed E-state index contributed by atoms with van der Waals surface area (Å²) in [6, 6.07) is 0.316. The molecular formula is C13H28N2O2. The number of carbonyl (C=O) groups excluding carboxylic acids is 1. The van der Waals surface area contributed by atoms with Crippen molar-refractivity contribution >= 4 is 5.97 Å². The standard InChI is InChI=1S/C13H28N2O2/c1-6-9-14-12(13(16)17-5)10-15(4)11(7-2)8-3/h11-12,14H,6-10H2,1-5H3. The predicted molar refractivity (Wildman–Crippen MR) is 71.1 cm³/mol. The summed E-state index contributed by atoms with van der Waals surface area (Å²) in [7, 11) is 3.52. The first kappa shape index (κ1) is 16.4. The number of esters is 1. The fourth-order valence-electron chi connectivity index (χ4n) is 2.03. The van der Waals surface area contributed by atoms with E-state index in [1.165, 1.54) is 7.11 Å². The maximum Gasteiger partial charge on any atom is 0.324 e. The van der Waals surface area contributed by atoms with Crippen molar-refractivity contribution in [3.63, 3.8) is 0 Å². The van der Waals surface area contributed by atoms with Crippen LogP contribution in [0.2, 0.25) is 0 Å². The lowest BCUT2D eigenvalue weighted by Crippen LogP contribution is -2.48.